The summed E-state index contributed by atoms with van der Waals surface area (Å²) in [5.41, 5.74) is 1.82. The van der Waals surface area contributed by atoms with Crippen molar-refractivity contribution in [2.75, 3.05) is 25.0 Å². The van der Waals surface area contributed by atoms with Crippen molar-refractivity contribution in [3.8, 4) is 5.75 Å². The van der Waals surface area contributed by atoms with E-state index in [0.29, 0.717) is 35.1 Å². The molecule has 2 rings (SSSR count). The van der Waals surface area contributed by atoms with Gasteiger partial charge in [-0.3, -0.25) is 14.6 Å². The normalized spacial score (nSPS) is 10.3. The summed E-state index contributed by atoms with van der Waals surface area (Å²) in [4.78, 5) is 30.0. The Kier molecular flexibility index (Phi) is 6.97. The largest absolute Gasteiger partial charge is 0.482 e. The van der Waals surface area contributed by atoms with Crippen LogP contribution in [0.3, 0.4) is 0 Å². The number of nitrogens with one attached hydrogen (secondary N) is 1. The molecule has 1 heterocycles. The molecule has 6 nitrogen and oxygen atoms in total. The molecule has 0 saturated carbocycles. The number of likely N-dealkylation sites (N-methyl/N-ethyl adjacent to an activating group) is 1. The van der Waals surface area contributed by atoms with Crippen LogP contribution in [0.2, 0.25) is 5.02 Å². The zero-order chi connectivity index (χ0) is 19.1. The molecule has 0 aliphatic rings. The highest BCUT2D eigenvalue weighted by molar-refractivity contribution is 6.32. The fraction of sp³-hybridized carbons (Fsp3) is 0.316. The number of aromatic nitrogens is 1. The molecule has 2 aromatic rings. The first-order chi connectivity index (χ1) is 12.4. The third kappa shape index (κ3) is 5.20. The number of ether oxygens (including phenoxy) is 1. The summed E-state index contributed by atoms with van der Waals surface area (Å²) in [6.45, 7) is 6.86. The lowest BCUT2D eigenvalue weighted by molar-refractivity contribution is -0.132. The fourth-order valence-electron chi connectivity index (χ4n) is 2.31. The molecule has 0 spiro atoms. The zero-order valence-electron chi connectivity index (χ0n) is 15.1. The van der Waals surface area contributed by atoms with Crippen LogP contribution in [-0.4, -0.2) is 41.4 Å². The smallest absolute Gasteiger partial charge is 0.260 e. The van der Waals surface area contributed by atoms with Gasteiger partial charge in [0, 0.05) is 30.7 Å². The number of carbonyl (C=O) groups excluding carboxylic acids is 2. The molecular weight excluding hydrogens is 354 g/mol. The predicted molar refractivity (Wildman–Crippen MR) is 102 cm³/mol. The van der Waals surface area contributed by atoms with Crippen LogP contribution in [0.25, 0.3) is 0 Å². The molecule has 138 valence electrons. The average molecular weight is 376 g/mol. The molecule has 0 atom stereocenters. The summed E-state index contributed by atoms with van der Waals surface area (Å²) in [7, 11) is 0. The van der Waals surface area contributed by atoms with Gasteiger partial charge in [0.1, 0.15) is 5.75 Å². The summed E-state index contributed by atoms with van der Waals surface area (Å²) in [5.74, 6) is 0.0106. The molecule has 1 aromatic heterocycles. The van der Waals surface area contributed by atoms with Gasteiger partial charge < -0.3 is 15.0 Å². The Labute approximate surface area is 158 Å². The van der Waals surface area contributed by atoms with E-state index in [4.69, 9.17) is 16.3 Å². The number of amides is 2. The Balaban J connectivity index is 1.99. The van der Waals surface area contributed by atoms with E-state index < -0.39 is 0 Å². The van der Waals surface area contributed by atoms with Gasteiger partial charge in [-0.15, -0.1) is 0 Å². The van der Waals surface area contributed by atoms with Gasteiger partial charge in [0.2, 0.25) is 0 Å². The van der Waals surface area contributed by atoms with Crippen LogP contribution in [0, 0.1) is 6.92 Å². The molecule has 0 aliphatic carbocycles. The first-order valence-corrected chi connectivity index (χ1v) is 8.76. The SMILES string of the molecule is CCN(CC)C(=O)COc1ccc(NC(=O)c2ccc(C)nc2)cc1Cl. The molecule has 0 radical (unpaired) electrons. The van der Waals surface area contributed by atoms with Crippen molar-refractivity contribution in [2.45, 2.75) is 20.8 Å². The van der Waals surface area contributed by atoms with Crippen LogP contribution in [0.15, 0.2) is 36.5 Å². The predicted octanol–water partition coefficient (Wildman–Crippen LogP) is 3.54. The van der Waals surface area contributed by atoms with Crippen LogP contribution < -0.4 is 10.1 Å². The average Bonchev–Trinajstić information content (AvgIpc) is 2.62. The minimum atomic E-state index is -0.279. The van der Waals surface area contributed by atoms with Crippen LogP contribution in [0.4, 0.5) is 5.69 Å². The van der Waals surface area contributed by atoms with Crippen molar-refractivity contribution in [1.82, 2.24) is 9.88 Å². The van der Waals surface area contributed by atoms with Crippen molar-refractivity contribution in [3.63, 3.8) is 0 Å². The number of anilines is 1. The van der Waals surface area contributed by atoms with E-state index in [1.54, 1.807) is 35.2 Å². The Morgan fingerprint density at radius 3 is 2.50 bits per heavy atom. The monoisotopic (exact) mass is 375 g/mol. The van der Waals surface area contributed by atoms with Crippen LogP contribution in [-0.2, 0) is 4.79 Å². The highest BCUT2D eigenvalue weighted by atomic mass is 35.5. The summed E-state index contributed by atoms with van der Waals surface area (Å²) in [6.07, 6.45) is 1.52. The van der Waals surface area contributed by atoms with Gasteiger partial charge in [0.05, 0.1) is 10.6 Å². The first kappa shape index (κ1) is 19.7. The minimum absolute atomic E-state index is 0.0812. The molecule has 0 saturated heterocycles. The van der Waals surface area contributed by atoms with E-state index in [1.807, 2.05) is 20.8 Å². The number of hydrogen-bond acceptors (Lipinski definition) is 4. The van der Waals surface area contributed by atoms with Gasteiger partial charge in [-0.2, -0.15) is 0 Å². The number of aryl methyl sites for hydroxylation is 1. The van der Waals surface area contributed by atoms with E-state index in [-0.39, 0.29) is 18.4 Å². The lowest BCUT2D eigenvalue weighted by Crippen LogP contribution is -2.34. The quantitative estimate of drug-likeness (QED) is 0.803. The maximum Gasteiger partial charge on any atom is 0.260 e. The van der Waals surface area contributed by atoms with Crippen molar-refractivity contribution in [2.24, 2.45) is 0 Å². The van der Waals surface area contributed by atoms with Gasteiger partial charge in [-0.05, 0) is 51.1 Å². The van der Waals surface area contributed by atoms with Gasteiger partial charge in [-0.25, -0.2) is 0 Å². The summed E-state index contributed by atoms with van der Waals surface area (Å²) >= 11 is 6.20. The second kappa shape index (κ2) is 9.20. The topological polar surface area (TPSA) is 71.5 Å². The fourth-order valence-corrected chi connectivity index (χ4v) is 2.54. The standard InChI is InChI=1S/C19H22ClN3O3/c1-4-23(5-2)18(24)12-26-17-9-8-15(10-16(17)20)22-19(25)14-7-6-13(3)21-11-14/h6-11H,4-5,12H2,1-3H3,(H,22,25). The Hall–Kier alpha value is -2.60. The summed E-state index contributed by atoms with van der Waals surface area (Å²) in [6, 6.07) is 8.35. The zero-order valence-corrected chi connectivity index (χ0v) is 15.8. The van der Waals surface area contributed by atoms with Crippen molar-refractivity contribution >= 4 is 29.1 Å². The highest BCUT2D eigenvalue weighted by Gasteiger charge is 2.12. The van der Waals surface area contributed by atoms with Gasteiger partial charge in [-0.1, -0.05) is 11.6 Å². The van der Waals surface area contributed by atoms with E-state index >= 15 is 0 Å². The van der Waals surface area contributed by atoms with E-state index in [0.717, 1.165) is 5.69 Å². The molecule has 1 aromatic carbocycles. The number of rotatable bonds is 7. The number of pyridine rings is 1. The summed E-state index contributed by atoms with van der Waals surface area (Å²) in [5, 5.41) is 3.07. The lowest BCUT2D eigenvalue weighted by Gasteiger charge is -2.19. The molecule has 2 amide bonds. The molecule has 7 heteroatoms. The first-order valence-electron chi connectivity index (χ1n) is 8.38. The molecule has 1 N–H and O–H groups in total. The Morgan fingerprint density at radius 1 is 1.19 bits per heavy atom. The van der Waals surface area contributed by atoms with Crippen molar-refractivity contribution < 1.29 is 14.3 Å². The van der Waals surface area contributed by atoms with Crippen LogP contribution in [0.5, 0.6) is 5.75 Å². The second-order valence-corrected chi connectivity index (χ2v) is 6.05. The third-order valence-corrected chi connectivity index (χ3v) is 4.13. The second-order valence-electron chi connectivity index (χ2n) is 5.64. The maximum absolute atomic E-state index is 12.2. The molecule has 0 unspecified atom stereocenters. The van der Waals surface area contributed by atoms with Crippen LogP contribution >= 0.6 is 11.6 Å². The molecule has 26 heavy (non-hydrogen) atoms. The number of carbonyl (C=O) groups is 2. The van der Waals surface area contributed by atoms with E-state index in [2.05, 4.69) is 10.3 Å². The van der Waals surface area contributed by atoms with E-state index in [9.17, 15) is 9.59 Å². The molecule has 0 fully saturated rings. The maximum atomic E-state index is 12.2. The lowest BCUT2D eigenvalue weighted by atomic mass is 10.2. The van der Waals surface area contributed by atoms with Gasteiger partial charge in [0.15, 0.2) is 6.61 Å². The number of halogens is 1. The molecule has 0 bridgehead atoms. The Bertz CT molecular complexity index is 774. The molecule has 0 aliphatic heterocycles. The Morgan fingerprint density at radius 2 is 1.92 bits per heavy atom. The third-order valence-electron chi connectivity index (χ3n) is 3.83. The van der Waals surface area contributed by atoms with Gasteiger partial charge >= 0.3 is 0 Å². The highest BCUT2D eigenvalue weighted by Crippen LogP contribution is 2.28. The number of nitrogens with zero attached hydrogens (tertiary/aromatic N) is 2. The minimum Gasteiger partial charge on any atom is -0.482 e. The van der Waals surface area contributed by atoms with Gasteiger partial charge in [0.25, 0.3) is 11.8 Å². The molecular formula is C19H22ClN3O3. The van der Waals surface area contributed by atoms with Crippen LogP contribution in [0.1, 0.15) is 29.9 Å². The number of benzene rings is 1. The summed E-state index contributed by atoms with van der Waals surface area (Å²) < 4.78 is 5.50. The van der Waals surface area contributed by atoms with Crippen molar-refractivity contribution in [3.05, 3.63) is 52.8 Å². The van der Waals surface area contributed by atoms with E-state index in [1.165, 1.54) is 6.20 Å². The number of hydrogen-bond donors (Lipinski definition) is 1. The van der Waals surface area contributed by atoms with Crippen molar-refractivity contribution in [1.29, 1.82) is 0 Å².